The molecule has 92 valence electrons. The molecule has 1 N–H and O–H groups in total. The Bertz CT molecular complexity index is 252. The highest BCUT2D eigenvalue weighted by molar-refractivity contribution is 4.89. The lowest BCUT2D eigenvalue weighted by Crippen LogP contribution is -2.52. The molecule has 1 atom stereocenters. The molecule has 1 heterocycles. The van der Waals surface area contributed by atoms with Crippen molar-refractivity contribution in [2.75, 3.05) is 39.8 Å². The van der Waals surface area contributed by atoms with E-state index in [1.807, 2.05) is 7.05 Å². The number of rotatable bonds is 3. The molecule has 1 aliphatic rings. The largest absolute Gasteiger partial charge is 0.405 e. The van der Waals surface area contributed by atoms with Gasteiger partial charge in [0.05, 0.1) is 6.07 Å². The number of hydrazine groups is 1. The Morgan fingerprint density at radius 3 is 2.31 bits per heavy atom. The lowest BCUT2D eigenvalue weighted by Gasteiger charge is -2.33. The second-order valence-electron chi connectivity index (χ2n) is 3.88. The summed E-state index contributed by atoms with van der Waals surface area (Å²) in [5, 5.41) is 10.1. The summed E-state index contributed by atoms with van der Waals surface area (Å²) in [6.45, 7) is 2.61. The molecule has 4 nitrogen and oxygen atoms in total. The molecule has 0 aromatic carbocycles. The second kappa shape index (κ2) is 5.48. The maximum atomic E-state index is 12.2. The molecule has 0 spiro atoms. The van der Waals surface area contributed by atoms with E-state index in [0.29, 0.717) is 13.1 Å². The van der Waals surface area contributed by atoms with E-state index >= 15 is 0 Å². The maximum absolute atomic E-state index is 12.2. The van der Waals surface area contributed by atoms with Gasteiger partial charge in [0.1, 0.15) is 0 Å². The van der Waals surface area contributed by atoms with Gasteiger partial charge < -0.3 is 4.90 Å². The number of nitrogens with zero attached hydrogens (tertiary/aromatic N) is 3. The molecule has 1 unspecified atom stereocenters. The van der Waals surface area contributed by atoms with E-state index < -0.39 is 12.1 Å². The SMILES string of the molecule is CN1CCN(NCC(C#N)C(F)(F)F)CC1. The van der Waals surface area contributed by atoms with Crippen molar-refractivity contribution in [2.24, 2.45) is 5.92 Å². The Balaban J connectivity index is 2.31. The van der Waals surface area contributed by atoms with E-state index in [1.54, 1.807) is 5.01 Å². The fourth-order valence-electron chi connectivity index (χ4n) is 1.42. The van der Waals surface area contributed by atoms with E-state index in [4.69, 9.17) is 5.26 Å². The number of nitrogens with one attached hydrogen (secondary N) is 1. The monoisotopic (exact) mass is 236 g/mol. The first-order chi connectivity index (χ1) is 7.43. The minimum Gasteiger partial charge on any atom is -0.304 e. The topological polar surface area (TPSA) is 42.3 Å². The van der Waals surface area contributed by atoms with Crippen molar-refractivity contribution in [3.05, 3.63) is 0 Å². The number of likely N-dealkylation sites (N-methyl/N-ethyl adjacent to an activating group) is 1. The average molecular weight is 236 g/mol. The molecule has 1 aliphatic heterocycles. The third-order valence-corrected chi connectivity index (χ3v) is 2.57. The zero-order valence-electron chi connectivity index (χ0n) is 9.09. The van der Waals surface area contributed by atoms with Crippen LogP contribution in [-0.4, -0.2) is 55.9 Å². The number of hydrogen-bond acceptors (Lipinski definition) is 4. The highest BCUT2D eigenvalue weighted by Gasteiger charge is 2.39. The highest BCUT2D eigenvalue weighted by atomic mass is 19.4. The average Bonchev–Trinajstić information content (AvgIpc) is 2.19. The van der Waals surface area contributed by atoms with Crippen LogP contribution in [0.3, 0.4) is 0 Å². The summed E-state index contributed by atoms with van der Waals surface area (Å²) in [7, 11) is 1.96. The van der Waals surface area contributed by atoms with E-state index in [1.165, 1.54) is 6.07 Å². The van der Waals surface area contributed by atoms with Crippen LogP contribution in [0.2, 0.25) is 0 Å². The molecule has 16 heavy (non-hydrogen) atoms. The van der Waals surface area contributed by atoms with Crippen molar-refractivity contribution in [2.45, 2.75) is 6.18 Å². The number of hydrogen-bond donors (Lipinski definition) is 1. The zero-order valence-corrected chi connectivity index (χ0v) is 9.09. The van der Waals surface area contributed by atoms with Crippen LogP contribution in [0.25, 0.3) is 0 Å². The molecule has 1 rings (SSSR count). The molecule has 1 fully saturated rings. The molecule has 0 aliphatic carbocycles. The molecule has 0 radical (unpaired) electrons. The Labute approximate surface area is 92.6 Å². The van der Waals surface area contributed by atoms with Gasteiger partial charge in [-0.15, -0.1) is 0 Å². The quantitative estimate of drug-likeness (QED) is 0.772. The van der Waals surface area contributed by atoms with Gasteiger partial charge in [0.25, 0.3) is 0 Å². The molecule has 7 heteroatoms. The first kappa shape index (κ1) is 13.2. The Morgan fingerprint density at radius 2 is 1.88 bits per heavy atom. The molecule has 0 amide bonds. The van der Waals surface area contributed by atoms with Gasteiger partial charge in [-0.3, -0.25) is 5.43 Å². The van der Waals surface area contributed by atoms with Crippen LogP contribution in [0.15, 0.2) is 0 Å². The Morgan fingerprint density at radius 1 is 1.31 bits per heavy atom. The fourth-order valence-corrected chi connectivity index (χ4v) is 1.42. The minimum atomic E-state index is -4.45. The standard InChI is InChI=1S/C9H15F3N4/c1-15-2-4-16(5-3-15)14-7-8(6-13)9(10,11)12/h8,14H,2-5,7H2,1H3. The van der Waals surface area contributed by atoms with Crippen LogP contribution in [0, 0.1) is 17.2 Å². The van der Waals surface area contributed by atoms with Crippen LogP contribution in [0.1, 0.15) is 0 Å². The number of nitriles is 1. The number of alkyl halides is 3. The third-order valence-electron chi connectivity index (χ3n) is 2.57. The van der Waals surface area contributed by atoms with Crippen molar-refractivity contribution < 1.29 is 13.2 Å². The summed E-state index contributed by atoms with van der Waals surface area (Å²) in [5.41, 5.74) is 2.66. The molecule has 0 saturated carbocycles. The van der Waals surface area contributed by atoms with Crippen molar-refractivity contribution in [1.29, 1.82) is 5.26 Å². The predicted octanol–water partition coefficient (Wildman–Crippen LogP) is 0.440. The summed E-state index contributed by atoms with van der Waals surface area (Å²) >= 11 is 0. The molecule has 0 bridgehead atoms. The molecule has 0 aromatic heterocycles. The first-order valence-corrected chi connectivity index (χ1v) is 5.07. The van der Waals surface area contributed by atoms with Crippen molar-refractivity contribution in [3.63, 3.8) is 0 Å². The van der Waals surface area contributed by atoms with Gasteiger partial charge in [0.2, 0.25) is 0 Å². The van der Waals surface area contributed by atoms with E-state index in [2.05, 4.69) is 10.3 Å². The smallest absolute Gasteiger partial charge is 0.304 e. The van der Waals surface area contributed by atoms with Gasteiger partial charge in [0, 0.05) is 32.7 Å². The van der Waals surface area contributed by atoms with E-state index in [0.717, 1.165) is 13.1 Å². The van der Waals surface area contributed by atoms with Gasteiger partial charge in [-0.05, 0) is 7.05 Å². The second-order valence-corrected chi connectivity index (χ2v) is 3.88. The van der Waals surface area contributed by atoms with E-state index in [9.17, 15) is 13.2 Å². The van der Waals surface area contributed by atoms with Crippen LogP contribution < -0.4 is 5.43 Å². The Hall–Kier alpha value is -0.840. The van der Waals surface area contributed by atoms with Crippen molar-refractivity contribution >= 4 is 0 Å². The normalized spacial score (nSPS) is 21.7. The lowest BCUT2D eigenvalue weighted by atomic mass is 10.2. The zero-order chi connectivity index (χ0) is 12.2. The summed E-state index contributed by atoms with van der Waals surface area (Å²) in [6, 6.07) is 1.27. The minimum absolute atomic E-state index is 0.371. The molecular weight excluding hydrogens is 221 g/mol. The summed E-state index contributed by atoms with van der Waals surface area (Å²) < 4.78 is 36.7. The maximum Gasteiger partial charge on any atom is 0.405 e. The van der Waals surface area contributed by atoms with Gasteiger partial charge in [-0.25, -0.2) is 5.01 Å². The van der Waals surface area contributed by atoms with Gasteiger partial charge in [0.15, 0.2) is 5.92 Å². The molecule has 1 saturated heterocycles. The summed E-state index contributed by atoms with van der Waals surface area (Å²) in [6.07, 6.45) is -4.45. The van der Waals surface area contributed by atoms with Gasteiger partial charge in [-0.2, -0.15) is 18.4 Å². The van der Waals surface area contributed by atoms with Crippen LogP contribution in [0.4, 0.5) is 13.2 Å². The van der Waals surface area contributed by atoms with Crippen LogP contribution in [0.5, 0.6) is 0 Å². The summed E-state index contributed by atoms with van der Waals surface area (Å²) in [4.78, 5) is 2.10. The predicted molar refractivity (Wildman–Crippen MR) is 52.2 cm³/mol. The van der Waals surface area contributed by atoms with Gasteiger partial charge in [-0.1, -0.05) is 0 Å². The summed E-state index contributed by atoms with van der Waals surface area (Å²) in [5.74, 6) is -1.94. The number of piperazine rings is 1. The highest BCUT2D eigenvalue weighted by Crippen LogP contribution is 2.24. The Kier molecular flexibility index (Phi) is 4.53. The first-order valence-electron chi connectivity index (χ1n) is 5.07. The van der Waals surface area contributed by atoms with Gasteiger partial charge >= 0.3 is 6.18 Å². The van der Waals surface area contributed by atoms with Crippen molar-refractivity contribution in [1.82, 2.24) is 15.3 Å². The third kappa shape index (κ3) is 3.96. The molecule has 0 aromatic rings. The van der Waals surface area contributed by atoms with Crippen LogP contribution >= 0.6 is 0 Å². The fraction of sp³-hybridized carbons (Fsp3) is 0.889. The van der Waals surface area contributed by atoms with E-state index in [-0.39, 0.29) is 6.54 Å². The van der Waals surface area contributed by atoms with Crippen molar-refractivity contribution in [3.8, 4) is 6.07 Å². The lowest BCUT2D eigenvalue weighted by molar-refractivity contribution is -0.160. The number of halogens is 3. The molecular formula is C9H15F3N4. The van der Waals surface area contributed by atoms with Crippen LogP contribution in [-0.2, 0) is 0 Å².